The third kappa shape index (κ3) is 6.23. The van der Waals surface area contributed by atoms with E-state index >= 15 is 0 Å². The van der Waals surface area contributed by atoms with Crippen LogP contribution >= 0.6 is 0 Å². The third-order valence-electron chi connectivity index (χ3n) is 3.02. The predicted molar refractivity (Wildman–Crippen MR) is 65.5 cm³/mol. The second-order valence-electron chi connectivity index (χ2n) is 5.04. The minimum absolute atomic E-state index is 0.350. The fourth-order valence-electron chi connectivity index (χ4n) is 1.88. The van der Waals surface area contributed by atoms with Crippen LogP contribution in [-0.2, 0) is 9.53 Å². The summed E-state index contributed by atoms with van der Waals surface area (Å²) in [7, 11) is 0. The number of hydrogen-bond donors (Lipinski definition) is 1. The molecule has 1 N–H and O–H groups in total. The Balaban J connectivity index is 1.99. The van der Waals surface area contributed by atoms with E-state index in [1.165, 1.54) is 0 Å². The van der Waals surface area contributed by atoms with E-state index in [1.807, 2.05) is 0 Å². The summed E-state index contributed by atoms with van der Waals surface area (Å²) >= 11 is 0. The van der Waals surface area contributed by atoms with Gasteiger partial charge in [-0.3, -0.25) is 4.79 Å². The van der Waals surface area contributed by atoms with Gasteiger partial charge < -0.3 is 10.1 Å². The molecule has 1 aliphatic rings. The summed E-state index contributed by atoms with van der Waals surface area (Å²) in [5.41, 5.74) is 0. The summed E-state index contributed by atoms with van der Waals surface area (Å²) < 4.78 is 5.70. The lowest BCUT2D eigenvalue weighted by molar-refractivity contribution is -0.121. The van der Waals surface area contributed by atoms with Gasteiger partial charge >= 0.3 is 0 Å². The highest BCUT2D eigenvalue weighted by molar-refractivity contribution is 5.78. The SMILES string of the molecule is CC(C)CCC(=O)CCOC1CCNCC1. The molecule has 3 nitrogen and oxygen atoms in total. The van der Waals surface area contributed by atoms with Gasteiger partial charge in [-0.2, -0.15) is 0 Å². The summed E-state index contributed by atoms with van der Waals surface area (Å²) in [4.78, 5) is 11.5. The van der Waals surface area contributed by atoms with Crippen LogP contribution in [0.1, 0.15) is 46.0 Å². The van der Waals surface area contributed by atoms with Crippen molar-refractivity contribution in [1.82, 2.24) is 5.32 Å². The number of rotatable bonds is 7. The molecule has 0 radical (unpaired) electrons. The molecule has 0 aromatic rings. The summed E-state index contributed by atoms with van der Waals surface area (Å²) in [5.74, 6) is 0.969. The molecule has 0 spiro atoms. The molecule has 0 saturated carbocycles. The van der Waals surface area contributed by atoms with E-state index < -0.39 is 0 Å². The van der Waals surface area contributed by atoms with Crippen LogP contribution in [0.5, 0.6) is 0 Å². The van der Waals surface area contributed by atoms with Crippen molar-refractivity contribution in [2.24, 2.45) is 5.92 Å². The number of carbonyl (C=O) groups excluding carboxylic acids is 1. The summed E-state index contributed by atoms with van der Waals surface area (Å²) in [6.07, 6.45) is 4.86. The van der Waals surface area contributed by atoms with Gasteiger partial charge in [-0.1, -0.05) is 13.8 Å². The number of piperidine rings is 1. The molecule has 1 rings (SSSR count). The van der Waals surface area contributed by atoms with E-state index in [4.69, 9.17) is 4.74 Å². The van der Waals surface area contributed by atoms with Crippen LogP contribution in [0.4, 0.5) is 0 Å². The van der Waals surface area contributed by atoms with E-state index in [-0.39, 0.29) is 0 Å². The smallest absolute Gasteiger partial charge is 0.135 e. The van der Waals surface area contributed by atoms with Crippen molar-refractivity contribution in [3.05, 3.63) is 0 Å². The van der Waals surface area contributed by atoms with Crippen molar-refractivity contribution in [3.8, 4) is 0 Å². The molecular formula is C13H25NO2. The van der Waals surface area contributed by atoms with Crippen LogP contribution in [0.15, 0.2) is 0 Å². The molecule has 0 aliphatic carbocycles. The van der Waals surface area contributed by atoms with Gasteiger partial charge in [0.15, 0.2) is 0 Å². The zero-order valence-electron chi connectivity index (χ0n) is 10.6. The number of ketones is 1. The Kier molecular flexibility index (Phi) is 6.65. The molecule has 94 valence electrons. The quantitative estimate of drug-likeness (QED) is 0.724. The lowest BCUT2D eigenvalue weighted by atomic mass is 10.0. The monoisotopic (exact) mass is 227 g/mol. The van der Waals surface area contributed by atoms with E-state index in [0.717, 1.165) is 32.4 Å². The van der Waals surface area contributed by atoms with Crippen molar-refractivity contribution >= 4 is 5.78 Å². The molecule has 0 amide bonds. The van der Waals surface area contributed by atoms with Crippen molar-refractivity contribution in [3.63, 3.8) is 0 Å². The van der Waals surface area contributed by atoms with Crippen LogP contribution < -0.4 is 5.32 Å². The Labute approximate surface area is 98.9 Å². The predicted octanol–water partition coefficient (Wildman–Crippen LogP) is 2.15. The molecule has 3 heteroatoms. The van der Waals surface area contributed by atoms with Crippen LogP contribution in [-0.4, -0.2) is 31.6 Å². The fraction of sp³-hybridized carbons (Fsp3) is 0.923. The number of hydrogen-bond acceptors (Lipinski definition) is 3. The lowest BCUT2D eigenvalue weighted by Gasteiger charge is -2.22. The average molecular weight is 227 g/mol. The molecule has 1 saturated heterocycles. The van der Waals surface area contributed by atoms with Gasteiger partial charge in [0, 0.05) is 12.8 Å². The van der Waals surface area contributed by atoms with E-state index in [1.54, 1.807) is 0 Å². The first kappa shape index (κ1) is 13.7. The molecule has 1 aliphatic heterocycles. The molecule has 0 aromatic heterocycles. The largest absolute Gasteiger partial charge is 0.378 e. The standard InChI is InChI=1S/C13H25NO2/c1-11(2)3-4-12(15)7-10-16-13-5-8-14-9-6-13/h11,13-14H,3-10H2,1-2H3. The zero-order chi connectivity index (χ0) is 11.8. The van der Waals surface area contributed by atoms with E-state index in [9.17, 15) is 4.79 Å². The minimum Gasteiger partial charge on any atom is -0.378 e. The molecule has 16 heavy (non-hydrogen) atoms. The van der Waals surface area contributed by atoms with Crippen molar-refractivity contribution < 1.29 is 9.53 Å². The first-order valence-electron chi connectivity index (χ1n) is 6.52. The summed E-state index contributed by atoms with van der Waals surface area (Å²) in [5, 5.41) is 3.30. The van der Waals surface area contributed by atoms with E-state index in [0.29, 0.717) is 37.3 Å². The first-order valence-corrected chi connectivity index (χ1v) is 6.52. The van der Waals surface area contributed by atoms with Crippen LogP contribution in [0.3, 0.4) is 0 Å². The Morgan fingerprint density at radius 2 is 2.00 bits per heavy atom. The number of nitrogens with one attached hydrogen (secondary N) is 1. The topological polar surface area (TPSA) is 38.3 Å². The second kappa shape index (κ2) is 7.80. The summed E-state index contributed by atoms with van der Waals surface area (Å²) in [6.45, 7) is 7.01. The van der Waals surface area contributed by atoms with Crippen LogP contribution in [0.2, 0.25) is 0 Å². The van der Waals surface area contributed by atoms with Crippen molar-refractivity contribution in [2.45, 2.75) is 52.1 Å². The van der Waals surface area contributed by atoms with Gasteiger partial charge in [0.05, 0.1) is 12.7 Å². The highest BCUT2D eigenvalue weighted by Gasteiger charge is 2.13. The molecule has 0 aromatic carbocycles. The molecule has 1 heterocycles. The Bertz CT molecular complexity index is 198. The zero-order valence-corrected chi connectivity index (χ0v) is 10.6. The average Bonchev–Trinajstić information content (AvgIpc) is 2.28. The van der Waals surface area contributed by atoms with Gasteiger partial charge in [-0.15, -0.1) is 0 Å². The molecule has 0 unspecified atom stereocenters. The Morgan fingerprint density at radius 3 is 2.62 bits per heavy atom. The van der Waals surface area contributed by atoms with Gasteiger partial charge in [0.2, 0.25) is 0 Å². The van der Waals surface area contributed by atoms with Gasteiger partial charge in [0.25, 0.3) is 0 Å². The number of Topliss-reactive ketones (excluding diaryl/α,β-unsaturated/α-hetero) is 1. The lowest BCUT2D eigenvalue weighted by Crippen LogP contribution is -2.32. The third-order valence-corrected chi connectivity index (χ3v) is 3.02. The van der Waals surface area contributed by atoms with Crippen LogP contribution in [0.25, 0.3) is 0 Å². The number of carbonyl (C=O) groups is 1. The maximum Gasteiger partial charge on any atom is 0.135 e. The maximum absolute atomic E-state index is 11.5. The normalized spacial score (nSPS) is 17.9. The van der Waals surface area contributed by atoms with Crippen molar-refractivity contribution in [1.29, 1.82) is 0 Å². The Morgan fingerprint density at radius 1 is 1.31 bits per heavy atom. The van der Waals surface area contributed by atoms with Gasteiger partial charge in [-0.25, -0.2) is 0 Å². The minimum atomic E-state index is 0.350. The second-order valence-corrected chi connectivity index (χ2v) is 5.04. The summed E-state index contributed by atoms with van der Waals surface area (Å²) in [6, 6.07) is 0. The molecule has 0 bridgehead atoms. The molecular weight excluding hydrogens is 202 g/mol. The maximum atomic E-state index is 11.5. The fourth-order valence-corrected chi connectivity index (χ4v) is 1.88. The highest BCUT2D eigenvalue weighted by atomic mass is 16.5. The molecule has 1 fully saturated rings. The van der Waals surface area contributed by atoms with Crippen molar-refractivity contribution in [2.75, 3.05) is 19.7 Å². The van der Waals surface area contributed by atoms with Crippen LogP contribution in [0, 0.1) is 5.92 Å². The number of ether oxygens (including phenoxy) is 1. The van der Waals surface area contributed by atoms with Gasteiger partial charge in [0.1, 0.15) is 5.78 Å². The van der Waals surface area contributed by atoms with Gasteiger partial charge in [-0.05, 0) is 38.3 Å². The first-order chi connectivity index (χ1) is 7.68. The Hall–Kier alpha value is -0.410. The highest BCUT2D eigenvalue weighted by Crippen LogP contribution is 2.09. The van der Waals surface area contributed by atoms with E-state index in [2.05, 4.69) is 19.2 Å². The molecule has 0 atom stereocenters.